The second kappa shape index (κ2) is 6.26. The first kappa shape index (κ1) is 15.5. The molecule has 0 radical (unpaired) electrons. The van der Waals surface area contributed by atoms with Gasteiger partial charge in [0.2, 0.25) is 10.0 Å². The normalized spacial score (nSPS) is 11.5. The van der Waals surface area contributed by atoms with Crippen LogP contribution in [-0.4, -0.2) is 13.5 Å². The van der Waals surface area contributed by atoms with Crippen LogP contribution >= 0.6 is 0 Å². The van der Waals surface area contributed by atoms with Crippen molar-refractivity contribution in [1.82, 2.24) is 5.32 Å². The molecule has 0 aliphatic heterocycles. The van der Waals surface area contributed by atoms with E-state index in [1.807, 2.05) is 19.1 Å². The van der Waals surface area contributed by atoms with Crippen molar-refractivity contribution in [3.05, 3.63) is 59.2 Å². The minimum Gasteiger partial charge on any atom is -0.508 e. The Morgan fingerprint density at radius 1 is 1.10 bits per heavy atom. The van der Waals surface area contributed by atoms with Crippen LogP contribution in [0.1, 0.15) is 16.7 Å². The van der Waals surface area contributed by atoms with Gasteiger partial charge in [-0.15, -0.1) is 0 Å². The molecule has 0 heterocycles. The fourth-order valence-corrected chi connectivity index (χ4v) is 2.51. The minimum absolute atomic E-state index is 0.0996. The maximum atomic E-state index is 11.1. The largest absolute Gasteiger partial charge is 0.508 e. The molecule has 5 nitrogen and oxygen atoms in total. The molecule has 0 saturated carbocycles. The van der Waals surface area contributed by atoms with Gasteiger partial charge >= 0.3 is 0 Å². The van der Waals surface area contributed by atoms with Crippen LogP contribution in [-0.2, 0) is 23.1 Å². The number of aryl methyl sites for hydroxylation is 1. The first-order chi connectivity index (χ1) is 9.86. The molecule has 0 fully saturated rings. The van der Waals surface area contributed by atoms with Crippen LogP contribution < -0.4 is 10.5 Å². The van der Waals surface area contributed by atoms with Crippen molar-refractivity contribution in [3.8, 4) is 5.75 Å². The fraction of sp³-hybridized carbons (Fsp3) is 0.200. The topological polar surface area (TPSA) is 92.4 Å². The van der Waals surface area contributed by atoms with E-state index in [2.05, 4.69) is 5.32 Å². The number of hydrogen-bond donors (Lipinski definition) is 3. The van der Waals surface area contributed by atoms with Crippen molar-refractivity contribution < 1.29 is 13.5 Å². The summed E-state index contributed by atoms with van der Waals surface area (Å²) in [6.07, 6.45) is 0. The summed E-state index contributed by atoms with van der Waals surface area (Å²) in [6, 6.07) is 11.8. The Labute approximate surface area is 124 Å². The average Bonchev–Trinajstić information content (AvgIpc) is 2.42. The van der Waals surface area contributed by atoms with Crippen LogP contribution in [0.2, 0.25) is 0 Å². The van der Waals surface area contributed by atoms with Crippen LogP contribution in [0.25, 0.3) is 0 Å². The molecular weight excluding hydrogens is 288 g/mol. The summed E-state index contributed by atoms with van der Waals surface area (Å²) in [7, 11) is -3.65. The zero-order chi connectivity index (χ0) is 15.5. The van der Waals surface area contributed by atoms with Gasteiger partial charge in [-0.3, -0.25) is 0 Å². The lowest BCUT2D eigenvalue weighted by Crippen LogP contribution is -2.14. The third kappa shape index (κ3) is 4.29. The highest BCUT2D eigenvalue weighted by Crippen LogP contribution is 2.18. The SMILES string of the molecule is Cc1ccc(O)c(CNCc2ccc(S(N)(=O)=O)cc2)c1. The van der Waals surface area contributed by atoms with Gasteiger partial charge in [-0.2, -0.15) is 0 Å². The van der Waals surface area contributed by atoms with Crippen molar-refractivity contribution >= 4 is 10.0 Å². The maximum absolute atomic E-state index is 11.1. The molecule has 0 spiro atoms. The third-order valence-corrected chi connectivity index (χ3v) is 4.06. The van der Waals surface area contributed by atoms with E-state index in [9.17, 15) is 13.5 Å². The number of nitrogens with two attached hydrogens (primary N) is 1. The van der Waals surface area contributed by atoms with E-state index in [1.54, 1.807) is 18.2 Å². The van der Waals surface area contributed by atoms with E-state index >= 15 is 0 Å². The van der Waals surface area contributed by atoms with Gasteiger partial charge in [0.05, 0.1) is 4.90 Å². The van der Waals surface area contributed by atoms with Crippen LogP contribution in [0.3, 0.4) is 0 Å². The van der Waals surface area contributed by atoms with Crippen LogP contribution in [0.5, 0.6) is 5.75 Å². The number of phenols is 1. The van der Waals surface area contributed by atoms with Crippen LogP contribution in [0.15, 0.2) is 47.4 Å². The van der Waals surface area contributed by atoms with E-state index < -0.39 is 10.0 Å². The Morgan fingerprint density at radius 3 is 2.38 bits per heavy atom. The number of benzene rings is 2. The molecule has 6 heteroatoms. The van der Waals surface area contributed by atoms with Crippen LogP contribution in [0.4, 0.5) is 0 Å². The van der Waals surface area contributed by atoms with Gasteiger partial charge < -0.3 is 10.4 Å². The van der Waals surface area contributed by atoms with E-state index in [0.717, 1.165) is 16.7 Å². The van der Waals surface area contributed by atoms with Crippen molar-refractivity contribution in [2.45, 2.75) is 24.9 Å². The van der Waals surface area contributed by atoms with Crippen molar-refractivity contribution in [2.24, 2.45) is 5.14 Å². The summed E-state index contributed by atoms with van der Waals surface area (Å²) in [4.78, 5) is 0.0996. The minimum atomic E-state index is -3.65. The Morgan fingerprint density at radius 2 is 1.76 bits per heavy atom. The number of sulfonamides is 1. The Hall–Kier alpha value is -1.89. The van der Waals surface area contributed by atoms with Gasteiger partial charge in [-0.25, -0.2) is 13.6 Å². The first-order valence-electron chi connectivity index (χ1n) is 6.47. The molecule has 0 bridgehead atoms. The molecule has 2 aromatic rings. The maximum Gasteiger partial charge on any atom is 0.238 e. The number of primary sulfonamides is 1. The summed E-state index contributed by atoms with van der Waals surface area (Å²) >= 11 is 0. The highest BCUT2D eigenvalue weighted by Gasteiger charge is 2.06. The first-order valence-corrected chi connectivity index (χ1v) is 8.02. The van der Waals surface area contributed by atoms with Gasteiger partial charge in [0.25, 0.3) is 0 Å². The average molecular weight is 306 g/mol. The summed E-state index contributed by atoms with van der Waals surface area (Å²) in [6.45, 7) is 3.07. The molecule has 0 unspecified atom stereocenters. The molecule has 0 aromatic heterocycles. The van der Waals surface area contributed by atoms with Gasteiger partial charge in [-0.05, 0) is 30.7 Å². The van der Waals surface area contributed by atoms with Gasteiger partial charge in [0.1, 0.15) is 5.75 Å². The highest BCUT2D eigenvalue weighted by molar-refractivity contribution is 7.89. The molecule has 0 amide bonds. The van der Waals surface area contributed by atoms with E-state index in [4.69, 9.17) is 5.14 Å². The lowest BCUT2D eigenvalue weighted by atomic mass is 10.1. The van der Waals surface area contributed by atoms with Crippen LogP contribution in [0, 0.1) is 6.92 Å². The molecule has 0 aliphatic carbocycles. The highest BCUT2D eigenvalue weighted by atomic mass is 32.2. The zero-order valence-electron chi connectivity index (χ0n) is 11.7. The van der Waals surface area contributed by atoms with Crippen molar-refractivity contribution in [1.29, 1.82) is 0 Å². The van der Waals surface area contributed by atoms with Gasteiger partial charge in [0.15, 0.2) is 0 Å². The summed E-state index contributed by atoms with van der Waals surface area (Å²) in [5.41, 5.74) is 2.85. The predicted molar refractivity (Wildman–Crippen MR) is 81.2 cm³/mol. The molecule has 21 heavy (non-hydrogen) atoms. The molecule has 0 atom stereocenters. The quantitative estimate of drug-likeness (QED) is 0.783. The molecule has 112 valence electrons. The molecule has 4 N–H and O–H groups in total. The molecule has 2 aromatic carbocycles. The van der Waals surface area contributed by atoms with E-state index in [0.29, 0.717) is 13.1 Å². The lowest BCUT2D eigenvalue weighted by Gasteiger charge is -2.08. The van der Waals surface area contributed by atoms with E-state index in [-0.39, 0.29) is 10.6 Å². The Balaban J connectivity index is 1.96. The number of rotatable bonds is 5. The molecule has 0 saturated heterocycles. The number of phenolic OH excluding ortho intramolecular Hbond substituents is 1. The monoisotopic (exact) mass is 306 g/mol. The fourth-order valence-electron chi connectivity index (χ4n) is 1.99. The number of nitrogens with one attached hydrogen (secondary N) is 1. The summed E-state index contributed by atoms with van der Waals surface area (Å²) in [5, 5.41) is 18.0. The smallest absolute Gasteiger partial charge is 0.238 e. The summed E-state index contributed by atoms with van der Waals surface area (Å²) in [5.74, 6) is 0.262. The van der Waals surface area contributed by atoms with Gasteiger partial charge in [-0.1, -0.05) is 29.8 Å². The molecular formula is C15H18N2O3S. The van der Waals surface area contributed by atoms with E-state index in [1.165, 1.54) is 12.1 Å². The predicted octanol–water partition coefficient (Wildman–Crippen LogP) is 1.64. The second-order valence-corrected chi connectivity index (χ2v) is 6.49. The molecule has 0 aliphatic rings. The van der Waals surface area contributed by atoms with Gasteiger partial charge in [0, 0.05) is 18.7 Å². The molecule has 2 rings (SSSR count). The lowest BCUT2D eigenvalue weighted by molar-refractivity contribution is 0.464. The zero-order valence-corrected chi connectivity index (χ0v) is 12.5. The second-order valence-electron chi connectivity index (χ2n) is 4.92. The Bertz CT molecular complexity index is 725. The number of hydrogen-bond acceptors (Lipinski definition) is 4. The number of aromatic hydroxyl groups is 1. The third-order valence-electron chi connectivity index (χ3n) is 3.13. The summed E-state index contributed by atoms with van der Waals surface area (Å²) < 4.78 is 22.3. The standard InChI is InChI=1S/C15H18N2O3S/c1-11-2-7-15(18)13(8-11)10-17-9-12-3-5-14(6-4-12)21(16,19)20/h2-8,17-18H,9-10H2,1H3,(H2,16,19,20). The van der Waals surface area contributed by atoms with Crippen molar-refractivity contribution in [3.63, 3.8) is 0 Å². The Kier molecular flexibility index (Phi) is 4.62. The van der Waals surface area contributed by atoms with Crippen molar-refractivity contribution in [2.75, 3.05) is 0 Å².